The summed E-state index contributed by atoms with van der Waals surface area (Å²) in [6, 6.07) is 17.6. The number of anilines is 2. The summed E-state index contributed by atoms with van der Waals surface area (Å²) in [5.74, 6) is -0.767. The highest BCUT2D eigenvalue weighted by Crippen LogP contribution is 2.33. The molecule has 1 atom stereocenters. The number of nitrogens with zero attached hydrogens (tertiary/aromatic N) is 2. The van der Waals surface area contributed by atoms with Crippen molar-refractivity contribution in [2.45, 2.75) is 76.8 Å². The highest BCUT2D eigenvalue weighted by atomic mass is 19.1. The highest BCUT2D eigenvalue weighted by molar-refractivity contribution is 6.02. The lowest BCUT2D eigenvalue weighted by atomic mass is 9.94. The fraction of sp³-hybridized carbons (Fsp3) is 0.375. The summed E-state index contributed by atoms with van der Waals surface area (Å²) in [6.07, 6.45) is 7.77. The van der Waals surface area contributed by atoms with Crippen LogP contribution in [-0.4, -0.2) is 28.7 Å². The van der Waals surface area contributed by atoms with Crippen molar-refractivity contribution in [3.63, 3.8) is 0 Å². The number of aryl methyl sites for hydroxylation is 1. The molecule has 2 aromatic carbocycles. The second-order valence-corrected chi connectivity index (χ2v) is 10.2. The molecule has 3 aromatic rings. The minimum Gasteiger partial charge on any atom is -0.351 e. The molecular formula is C32H37FN4O3. The van der Waals surface area contributed by atoms with E-state index in [0.29, 0.717) is 29.9 Å². The molecule has 3 amide bonds. The van der Waals surface area contributed by atoms with Gasteiger partial charge in [-0.1, -0.05) is 62.6 Å². The van der Waals surface area contributed by atoms with Crippen molar-refractivity contribution in [3.05, 3.63) is 89.9 Å². The predicted octanol–water partition coefficient (Wildman–Crippen LogP) is 6.12. The number of hydrogen-bond donors (Lipinski definition) is 2. The van der Waals surface area contributed by atoms with Gasteiger partial charge < -0.3 is 10.6 Å². The van der Waals surface area contributed by atoms with Gasteiger partial charge in [0.2, 0.25) is 17.7 Å². The summed E-state index contributed by atoms with van der Waals surface area (Å²) in [5.41, 5.74) is 2.09. The third-order valence-corrected chi connectivity index (χ3v) is 7.27. The maximum atomic E-state index is 14.0. The summed E-state index contributed by atoms with van der Waals surface area (Å²) in [4.78, 5) is 46.0. The maximum absolute atomic E-state index is 14.0. The van der Waals surface area contributed by atoms with Gasteiger partial charge in [-0.05, 0) is 67.1 Å². The first-order valence-corrected chi connectivity index (χ1v) is 14.1. The highest BCUT2D eigenvalue weighted by Gasteiger charge is 2.34. The van der Waals surface area contributed by atoms with Gasteiger partial charge in [-0.3, -0.25) is 19.3 Å². The number of para-hydroxylation sites is 1. The Labute approximate surface area is 235 Å². The molecule has 1 aliphatic carbocycles. The van der Waals surface area contributed by atoms with E-state index in [1.54, 1.807) is 41.4 Å². The average Bonchev–Trinajstić information content (AvgIpc) is 2.97. The van der Waals surface area contributed by atoms with Crippen molar-refractivity contribution in [1.82, 2.24) is 10.3 Å². The van der Waals surface area contributed by atoms with Crippen LogP contribution in [0, 0.1) is 5.82 Å². The molecule has 210 valence electrons. The van der Waals surface area contributed by atoms with E-state index in [-0.39, 0.29) is 36.6 Å². The van der Waals surface area contributed by atoms with Crippen LogP contribution >= 0.6 is 0 Å². The molecule has 0 radical (unpaired) electrons. The van der Waals surface area contributed by atoms with E-state index in [0.717, 1.165) is 37.7 Å². The van der Waals surface area contributed by atoms with Gasteiger partial charge in [0, 0.05) is 30.8 Å². The van der Waals surface area contributed by atoms with Crippen LogP contribution in [0.5, 0.6) is 0 Å². The van der Waals surface area contributed by atoms with Gasteiger partial charge in [0.05, 0.1) is 0 Å². The molecule has 1 saturated carbocycles. The van der Waals surface area contributed by atoms with E-state index in [1.807, 2.05) is 31.2 Å². The number of carbonyl (C=O) groups excluding carboxylic acids is 3. The Kier molecular flexibility index (Phi) is 10.4. The number of pyridine rings is 1. The van der Waals surface area contributed by atoms with Crippen LogP contribution in [0.15, 0.2) is 72.9 Å². The molecule has 0 aliphatic heterocycles. The molecule has 0 bridgehead atoms. The van der Waals surface area contributed by atoms with Gasteiger partial charge in [-0.25, -0.2) is 9.37 Å². The number of benzene rings is 2. The number of halogens is 1. The lowest BCUT2D eigenvalue weighted by Gasteiger charge is -2.34. The summed E-state index contributed by atoms with van der Waals surface area (Å²) in [5, 5.41) is 5.92. The van der Waals surface area contributed by atoms with Crippen molar-refractivity contribution < 1.29 is 18.8 Å². The minimum atomic E-state index is -0.981. The second kappa shape index (κ2) is 14.4. The Morgan fingerprint density at radius 2 is 1.68 bits per heavy atom. The zero-order chi connectivity index (χ0) is 28.3. The summed E-state index contributed by atoms with van der Waals surface area (Å²) in [6.45, 7) is 2.00. The van der Waals surface area contributed by atoms with Crippen molar-refractivity contribution in [2.24, 2.45) is 0 Å². The molecule has 0 unspecified atom stereocenters. The predicted molar refractivity (Wildman–Crippen MR) is 154 cm³/mol. The Morgan fingerprint density at radius 3 is 2.38 bits per heavy atom. The Balaban J connectivity index is 1.60. The van der Waals surface area contributed by atoms with E-state index < -0.39 is 11.9 Å². The van der Waals surface area contributed by atoms with Crippen LogP contribution < -0.4 is 15.5 Å². The first-order valence-electron chi connectivity index (χ1n) is 14.1. The fourth-order valence-electron chi connectivity index (χ4n) is 5.21. The van der Waals surface area contributed by atoms with Gasteiger partial charge in [0.25, 0.3) is 0 Å². The molecule has 1 aliphatic rings. The Morgan fingerprint density at radius 1 is 0.950 bits per heavy atom. The number of nitrogens with one attached hydrogen (secondary N) is 2. The molecule has 1 heterocycles. The summed E-state index contributed by atoms with van der Waals surface area (Å²) < 4.78 is 13.9. The summed E-state index contributed by atoms with van der Waals surface area (Å²) in [7, 11) is 0. The topological polar surface area (TPSA) is 91.4 Å². The van der Waals surface area contributed by atoms with Crippen LogP contribution in [-0.2, 0) is 20.8 Å². The third-order valence-electron chi connectivity index (χ3n) is 7.27. The molecule has 0 spiro atoms. The van der Waals surface area contributed by atoms with Crippen molar-refractivity contribution in [3.8, 4) is 0 Å². The van der Waals surface area contributed by atoms with E-state index in [4.69, 9.17) is 0 Å². The molecule has 40 heavy (non-hydrogen) atoms. The molecular weight excluding hydrogens is 507 g/mol. The number of amides is 3. The van der Waals surface area contributed by atoms with Gasteiger partial charge >= 0.3 is 0 Å². The van der Waals surface area contributed by atoms with Crippen LogP contribution in [0.1, 0.15) is 75.5 Å². The Hall–Kier alpha value is -4.07. The zero-order valence-electron chi connectivity index (χ0n) is 22.9. The molecule has 2 N–H and O–H groups in total. The second-order valence-electron chi connectivity index (χ2n) is 10.2. The van der Waals surface area contributed by atoms with Crippen LogP contribution in [0.25, 0.3) is 0 Å². The number of carbonyl (C=O) groups is 3. The summed E-state index contributed by atoms with van der Waals surface area (Å²) >= 11 is 0. The smallest absolute Gasteiger partial charge is 0.248 e. The average molecular weight is 545 g/mol. The first kappa shape index (κ1) is 28.9. The lowest BCUT2D eigenvalue weighted by Crippen LogP contribution is -2.47. The van der Waals surface area contributed by atoms with Crippen molar-refractivity contribution in [2.75, 3.05) is 10.2 Å². The SMILES string of the molecule is CCc1ccccc1N(C(=O)CCCC(=O)Nc1ccccn1)[C@@H](C(=O)NC1CCCCC1)c1ccc(F)cc1. The van der Waals surface area contributed by atoms with Crippen LogP contribution in [0.4, 0.5) is 15.9 Å². The molecule has 8 heteroatoms. The lowest BCUT2D eigenvalue weighted by molar-refractivity contribution is -0.127. The van der Waals surface area contributed by atoms with E-state index >= 15 is 0 Å². The number of aromatic nitrogens is 1. The number of rotatable bonds is 11. The van der Waals surface area contributed by atoms with E-state index in [1.165, 1.54) is 12.1 Å². The molecule has 4 rings (SSSR count). The van der Waals surface area contributed by atoms with Crippen molar-refractivity contribution >= 4 is 29.2 Å². The maximum Gasteiger partial charge on any atom is 0.248 e. The zero-order valence-corrected chi connectivity index (χ0v) is 22.9. The van der Waals surface area contributed by atoms with E-state index in [2.05, 4.69) is 15.6 Å². The van der Waals surface area contributed by atoms with E-state index in [9.17, 15) is 18.8 Å². The first-order chi connectivity index (χ1) is 19.5. The molecule has 1 fully saturated rings. The Bertz CT molecular complexity index is 1280. The van der Waals surface area contributed by atoms with Crippen LogP contribution in [0.3, 0.4) is 0 Å². The standard InChI is InChI=1S/C32H37FN4O3/c1-2-23-11-6-7-14-27(23)37(30(39)17-10-16-29(38)36-28-15-8-9-22-34-28)31(24-18-20-25(33)21-19-24)32(40)35-26-12-4-3-5-13-26/h6-9,11,14-15,18-22,26,31H,2-5,10,12-13,16-17H2,1H3,(H,35,40)(H,34,36,38)/t31-/m1/s1. The van der Waals surface area contributed by atoms with Crippen molar-refractivity contribution in [1.29, 1.82) is 0 Å². The van der Waals surface area contributed by atoms with Crippen LogP contribution in [0.2, 0.25) is 0 Å². The molecule has 7 nitrogen and oxygen atoms in total. The van der Waals surface area contributed by atoms with Gasteiger partial charge in [0.15, 0.2) is 0 Å². The normalized spacial score (nSPS) is 14.2. The fourth-order valence-corrected chi connectivity index (χ4v) is 5.21. The molecule has 0 saturated heterocycles. The molecule has 1 aromatic heterocycles. The van der Waals surface area contributed by atoms with Gasteiger partial charge in [0.1, 0.15) is 17.7 Å². The minimum absolute atomic E-state index is 0.0397. The van der Waals surface area contributed by atoms with Gasteiger partial charge in [-0.15, -0.1) is 0 Å². The monoisotopic (exact) mass is 544 g/mol. The quantitative estimate of drug-likeness (QED) is 0.304. The number of hydrogen-bond acceptors (Lipinski definition) is 4. The third kappa shape index (κ3) is 7.74. The largest absolute Gasteiger partial charge is 0.351 e. The van der Waals surface area contributed by atoms with Gasteiger partial charge in [-0.2, -0.15) is 0 Å².